The van der Waals surface area contributed by atoms with Crippen LogP contribution in [0, 0.1) is 0 Å². The molecule has 0 N–H and O–H groups in total. The van der Waals surface area contributed by atoms with Crippen molar-refractivity contribution in [2.45, 2.75) is 0 Å². The first-order chi connectivity index (χ1) is 32.7. The van der Waals surface area contributed by atoms with Gasteiger partial charge in [0, 0.05) is 37.1 Å². The molecule has 2 heteroatoms. The lowest BCUT2D eigenvalue weighted by Crippen LogP contribution is -2.11. The lowest BCUT2D eigenvalue weighted by molar-refractivity contribution is 1.28. The van der Waals surface area contributed by atoms with Crippen LogP contribution in [0.25, 0.3) is 97.7 Å². The normalized spacial score (nSPS) is 11.3. The molecule has 12 rings (SSSR count). The van der Waals surface area contributed by atoms with Gasteiger partial charge in [-0.2, -0.15) is 0 Å². The third kappa shape index (κ3) is 7.54. The summed E-state index contributed by atoms with van der Waals surface area (Å²) in [5.74, 6) is 0. The molecule has 66 heavy (non-hydrogen) atoms. The Hall–Kier alpha value is -8.30. The maximum absolute atomic E-state index is 2.40. The van der Waals surface area contributed by atoms with Gasteiger partial charge < -0.3 is 4.90 Å². The van der Waals surface area contributed by atoms with Crippen LogP contribution in [-0.2, 0) is 0 Å². The number of fused-ring (bicyclic) bond motifs is 4. The van der Waals surface area contributed by atoms with E-state index in [-0.39, 0.29) is 0 Å². The Morgan fingerprint density at radius 1 is 0.242 bits per heavy atom. The minimum absolute atomic E-state index is 1.09. The van der Waals surface area contributed by atoms with Gasteiger partial charge in [0.1, 0.15) is 0 Å². The van der Waals surface area contributed by atoms with E-state index in [2.05, 4.69) is 266 Å². The molecule has 12 aromatic rings. The van der Waals surface area contributed by atoms with Gasteiger partial charge >= 0.3 is 0 Å². The van der Waals surface area contributed by atoms with Crippen molar-refractivity contribution in [2.24, 2.45) is 0 Å². The summed E-state index contributed by atoms with van der Waals surface area (Å²) in [5, 5.41) is 5.14. The van der Waals surface area contributed by atoms with Crippen molar-refractivity contribution in [3.8, 4) is 66.8 Å². The molecule has 0 aliphatic heterocycles. The van der Waals surface area contributed by atoms with E-state index >= 15 is 0 Å². The molecule has 0 fully saturated rings. The van der Waals surface area contributed by atoms with Gasteiger partial charge in [0.2, 0.25) is 0 Å². The van der Waals surface area contributed by atoms with Crippen molar-refractivity contribution >= 4 is 59.3 Å². The smallest absolute Gasteiger partial charge is 0.0540 e. The van der Waals surface area contributed by atoms with Crippen LogP contribution in [0.4, 0.5) is 17.1 Å². The summed E-state index contributed by atoms with van der Waals surface area (Å²) in [7, 11) is 0. The monoisotopic (exact) mass is 857 g/mol. The number of para-hydroxylation sites is 1. The summed E-state index contributed by atoms with van der Waals surface area (Å²) in [6.07, 6.45) is 0. The van der Waals surface area contributed by atoms with Gasteiger partial charge in [0.15, 0.2) is 0 Å². The maximum Gasteiger partial charge on any atom is 0.0540 e. The SMILES string of the molecule is c1ccc(-c2cccc(-c3ccccc3N(c3ccc(-c4ccc(-c5cccc(-c6ccc7ccccc7c6)c5)cc4)cc3)c3ccc(-c4ccc5sc6ccccc6c5c4)cc3)c2)cc1. The van der Waals surface area contributed by atoms with E-state index in [1.807, 2.05) is 11.3 Å². The maximum atomic E-state index is 2.40. The average Bonchev–Trinajstić information content (AvgIpc) is 3.78. The van der Waals surface area contributed by atoms with Crippen molar-refractivity contribution in [3.05, 3.63) is 261 Å². The van der Waals surface area contributed by atoms with Crippen LogP contribution in [0.5, 0.6) is 0 Å². The third-order valence-corrected chi connectivity index (χ3v) is 14.0. The number of benzene rings is 11. The van der Waals surface area contributed by atoms with Crippen molar-refractivity contribution in [3.63, 3.8) is 0 Å². The number of anilines is 3. The number of hydrogen-bond donors (Lipinski definition) is 0. The second kappa shape index (κ2) is 17.0. The van der Waals surface area contributed by atoms with Crippen LogP contribution in [0.15, 0.2) is 261 Å². The zero-order valence-corrected chi connectivity index (χ0v) is 37.0. The zero-order chi connectivity index (χ0) is 43.8. The summed E-state index contributed by atoms with van der Waals surface area (Å²) < 4.78 is 2.64. The lowest BCUT2D eigenvalue weighted by atomic mass is 9.96. The Balaban J connectivity index is 0.889. The van der Waals surface area contributed by atoms with E-state index in [0.717, 1.165) is 17.1 Å². The third-order valence-electron chi connectivity index (χ3n) is 12.9. The Kier molecular flexibility index (Phi) is 10.1. The predicted molar refractivity (Wildman–Crippen MR) is 284 cm³/mol. The van der Waals surface area contributed by atoms with E-state index in [0.29, 0.717) is 0 Å². The molecule has 0 radical (unpaired) electrons. The average molecular weight is 858 g/mol. The van der Waals surface area contributed by atoms with E-state index < -0.39 is 0 Å². The summed E-state index contributed by atoms with van der Waals surface area (Å²) in [6.45, 7) is 0. The molecule has 0 bridgehead atoms. The van der Waals surface area contributed by atoms with E-state index in [9.17, 15) is 0 Å². The van der Waals surface area contributed by atoms with Crippen LogP contribution in [0.1, 0.15) is 0 Å². The molecule has 1 nitrogen and oxygen atoms in total. The van der Waals surface area contributed by atoms with Crippen LogP contribution in [0.3, 0.4) is 0 Å². The van der Waals surface area contributed by atoms with Crippen molar-refractivity contribution in [2.75, 3.05) is 4.90 Å². The predicted octanol–water partition coefficient (Wildman–Crippen LogP) is 18.7. The van der Waals surface area contributed by atoms with E-state index in [4.69, 9.17) is 0 Å². The summed E-state index contributed by atoms with van der Waals surface area (Å²) in [4.78, 5) is 2.40. The van der Waals surface area contributed by atoms with Crippen LogP contribution >= 0.6 is 11.3 Å². The highest BCUT2D eigenvalue weighted by atomic mass is 32.1. The van der Waals surface area contributed by atoms with Gasteiger partial charge in [0.05, 0.1) is 5.69 Å². The van der Waals surface area contributed by atoms with E-state index in [1.165, 1.54) is 97.7 Å². The summed E-state index contributed by atoms with van der Waals surface area (Å²) in [5.41, 5.74) is 17.6. The highest BCUT2D eigenvalue weighted by Crippen LogP contribution is 2.43. The minimum Gasteiger partial charge on any atom is -0.310 e. The first-order valence-electron chi connectivity index (χ1n) is 22.6. The number of hydrogen-bond acceptors (Lipinski definition) is 2. The second-order valence-electron chi connectivity index (χ2n) is 16.9. The lowest BCUT2D eigenvalue weighted by Gasteiger charge is -2.28. The number of rotatable bonds is 9. The number of thiophene rings is 1. The molecule has 11 aromatic carbocycles. The van der Waals surface area contributed by atoms with Crippen LogP contribution in [-0.4, -0.2) is 0 Å². The molecule has 0 aliphatic rings. The van der Waals surface area contributed by atoms with Gasteiger partial charge in [-0.25, -0.2) is 0 Å². The van der Waals surface area contributed by atoms with E-state index in [1.54, 1.807) is 0 Å². The Morgan fingerprint density at radius 2 is 0.682 bits per heavy atom. The molecule has 310 valence electrons. The Morgan fingerprint density at radius 3 is 1.39 bits per heavy atom. The summed E-state index contributed by atoms with van der Waals surface area (Å²) in [6, 6.07) is 95.1. The van der Waals surface area contributed by atoms with Crippen molar-refractivity contribution in [1.29, 1.82) is 0 Å². The minimum atomic E-state index is 1.09. The van der Waals surface area contributed by atoms with Gasteiger partial charge in [0.25, 0.3) is 0 Å². The first kappa shape index (κ1) is 39.3. The molecule has 0 amide bonds. The molecular weight excluding hydrogens is 815 g/mol. The molecule has 0 spiro atoms. The van der Waals surface area contributed by atoms with Gasteiger partial charge in [-0.1, -0.05) is 194 Å². The molecule has 0 unspecified atom stereocenters. The van der Waals surface area contributed by atoms with Gasteiger partial charge in [-0.15, -0.1) is 11.3 Å². The fraction of sp³-hybridized carbons (Fsp3) is 0. The topological polar surface area (TPSA) is 3.24 Å². The summed E-state index contributed by atoms with van der Waals surface area (Å²) >= 11 is 1.86. The van der Waals surface area contributed by atoms with Gasteiger partial charge in [-0.05, 0) is 139 Å². The van der Waals surface area contributed by atoms with Crippen molar-refractivity contribution in [1.82, 2.24) is 0 Å². The largest absolute Gasteiger partial charge is 0.310 e. The van der Waals surface area contributed by atoms with Crippen molar-refractivity contribution < 1.29 is 0 Å². The molecule has 0 atom stereocenters. The first-order valence-corrected chi connectivity index (χ1v) is 23.4. The molecule has 1 heterocycles. The van der Waals surface area contributed by atoms with Gasteiger partial charge in [-0.3, -0.25) is 0 Å². The Bertz CT molecular complexity index is 3680. The quantitative estimate of drug-likeness (QED) is 0.140. The standard InChI is InChI=1S/C64H43NS/c1-2-12-44(13-3-1)52-17-11-19-56(42-52)59-20-6-8-22-62(59)65(58-37-32-49(33-38-58)55-34-39-64-61(43-55)60-21-7-9-23-63(60)66-64)57-35-30-47(31-36-57)46-24-26-48(27-25-46)51-16-10-18-53(40-51)54-29-28-45-14-4-5-15-50(45)41-54/h1-43H. The fourth-order valence-electron chi connectivity index (χ4n) is 9.45. The molecule has 1 aromatic heterocycles. The van der Waals surface area contributed by atoms with Crippen LogP contribution < -0.4 is 4.90 Å². The molecule has 0 aliphatic carbocycles. The fourth-order valence-corrected chi connectivity index (χ4v) is 10.5. The number of nitrogens with zero attached hydrogens (tertiary/aromatic N) is 1. The highest BCUT2D eigenvalue weighted by molar-refractivity contribution is 7.25. The molecule has 0 saturated carbocycles. The molecule has 0 saturated heterocycles. The second-order valence-corrected chi connectivity index (χ2v) is 18.0. The highest BCUT2D eigenvalue weighted by Gasteiger charge is 2.18. The van der Waals surface area contributed by atoms with Crippen LogP contribution in [0.2, 0.25) is 0 Å². The Labute approximate surface area is 389 Å². The zero-order valence-electron chi connectivity index (χ0n) is 36.2. The molecular formula is C64H43NS.